The molecule has 0 unspecified atom stereocenters. The molecule has 1 N–H and O–H groups in total. The Balaban J connectivity index is 1.74. The van der Waals surface area contributed by atoms with Gasteiger partial charge in [0, 0.05) is 22.7 Å². The zero-order valence-electron chi connectivity index (χ0n) is 16.0. The minimum Gasteiger partial charge on any atom is -0.497 e. The predicted molar refractivity (Wildman–Crippen MR) is 109 cm³/mol. The summed E-state index contributed by atoms with van der Waals surface area (Å²) in [4.78, 5) is 28.9. The molecule has 6 nitrogen and oxygen atoms in total. The Morgan fingerprint density at radius 3 is 2.64 bits per heavy atom. The van der Waals surface area contributed by atoms with E-state index in [1.165, 1.54) is 6.07 Å². The van der Waals surface area contributed by atoms with Crippen LogP contribution in [0.1, 0.15) is 22.9 Å². The molecule has 0 aliphatic carbocycles. The summed E-state index contributed by atoms with van der Waals surface area (Å²) in [6.45, 7) is 4.00. The van der Waals surface area contributed by atoms with Gasteiger partial charge in [-0.3, -0.25) is 4.79 Å². The van der Waals surface area contributed by atoms with Gasteiger partial charge in [0.05, 0.1) is 24.7 Å². The molecule has 0 bridgehead atoms. The zero-order chi connectivity index (χ0) is 19.7. The van der Waals surface area contributed by atoms with Crippen LogP contribution in [-0.2, 0) is 6.42 Å². The lowest BCUT2D eigenvalue weighted by Crippen LogP contribution is -2.13. The van der Waals surface area contributed by atoms with E-state index in [1.807, 2.05) is 56.3 Å². The van der Waals surface area contributed by atoms with Gasteiger partial charge in [0.1, 0.15) is 17.4 Å². The van der Waals surface area contributed by atoms with Gasteiger partial charge in [-0.25, -0.2) is 15.0 Å². The molecule has 0 saturated heterocycles. The quantitative estimate of drug-likeness (QED) is 0.592. The van der Waals surface area contributed by atoms with Crippen molar-refractivity contribution in [3.8, 4) is 17.0 Å². The lowest BCUT2D eigenvalue weighted by molar-refractivity contribution is 0.415. The van der Waals surface area contributed by atoms with E-state index in [4.69, 9.17) is 9.72 Å². The van der Waals surface area contributed by atoms with Crippen LogP contribution < -0.4 is 10.3 Å². The van der Waals surface area contributed by atoms with Gasteiger partial charge in [0.25, 0.3) is 5.56 Å². The number of methoxy groups -OCH3 is 1. The van der Waals surface area contributed by atoms with Crippen molar-refractivity contribution in [1.82, 2.24) is 19.9 Å². The van der Waals surface area contributed by atoms with Gasteiger partial charge in [-0.05, 0) is 31.5 Å². The molecule has 28 heavy (non-hydrogen) atoms. The Labute approximate surface area is 162 Å². The largest absolute Gasteiger partial charge is 0.497 e. The zero-order valence-corrected chi connectivity index (χ0v) is 16.0. The molecule has 4 rings (SSSR count). The Morgan fingerprint density at radius 2 is 1.82 bits per heavy atom. The summed E-state index contributed by atoms with van der Waals surface area (Å²) in [5, 5.41) is 1.04. The van der Waals surface area contributed by atoms with E-state index in [0.717, 1.165) is 27.7 Å². The summed E-state index contributed by atoms with van der Waals surface area (Å²) < 4.78 is 5.26. The summed E-state index contributed by atoms with van der Waals surface area (Å²) in [6, 6.07) is 15.0. The summed E-state index contributed by atoms with van der Waals surface area (Å²) in [6.07, 6.45) is 0.345. The van der Waals surface area contributed by atoms with Crippen LogP contribution in [0.25, 0.3) is 22.2 Å². The molecule has 2 aromatic carbocycles. The van der Waals surface area contributed by atoms with Crippen LogP contribution in [-0.4, -0.2) is 27.0 Å². The van der Waals surface area contributed by atoms with Crippen molar-refractivity contribution in [1.29, 1.82) is 0 Å². The fourth-order valence-corrected chi connectivity index (χ4v) is 3.26. The van der Waals surface area contributed by atoms with E-state index in [9.17, 15) is 4.79 Å². The van der Waals surface area contributed by atoms with E-state index in [-0.39, 0.29) is 5.56 Å². The number of ether oxygens (including phenoxy) is 1. The second-order valence-electron chi connectivity index (χ2n) is 6.68. The smallest absolute Gasteiger partial charge is 0.251 e. The van der Waals surface area contributed by atoms with Crippen molar-refractivity contribution >= 4 is 10.9 Å². The normalized spacial score (nSPS) is 11.0. The number of para-hydroxylation sites is 1. The lowest BCUT2D eigenvalue weighted by Gasteiger charge is -2.09. The highest BCUT2D eigenvalue weighted by atomic mass is 16.5. The van der Waals surface area contributed by atoms with Gasteiger partial charge >= 0.3 is 0 Å². The summed E-state index contributed by atoms with van der Waals surface area (Å²) in [5.74, 6) is 1.87. The predicted octanol–water partition coefficient (Wildman–Crippen LogP) is 3.60. The molecule has 0 radical (unpaired) electrons. The molecular weight excluding hydrogens is 352 g/mol. The van der Waals surface area contributed by atoms with Gasteiger partial charge < -0.3 is 9.72 Å². The average Bonchev–Trinajstić information content (AvgIpc) is 2.68. The fourth-order valence-electron chi connectivity index (χ4n) is 3.26. The Hall–Kier alpha value is -3.54. The Bertz CT molecular complexity index is 1230. The second kappa shape index (κ2) is 7.23. The maximum Gasteiger partial charge on any atom is 0.251 e. The van der Waals surface area contributed by atoms with Crippen molar-refractivity contribution in [2.45, 2.75) is 20.3 Å². The van der Waals surface area contributed by atoms with E-state index in [2.05, 4.69) is 15.0 Å². The van der Waals surface area contributed by atoms with Crippen molar-refractivity contribution in [3.63, 3.8) is 0 Å². The molecule has 0 fully saturated rings. The van der Waals surface area contributed by atoms with Gasteiger partial charge in [-0.15, -0.1) is 0 Å². The SMILES string of the molecule is COc1cccc(-c2cc(=O)[nH]c(Cc3nc(C)c4cccc(C)c4n3)n2)c1. The molecule has 0 spiro atoms. The van der Waals surface area contributed by atoms with Crippen molar-refractivity contribution in [2.75, 3.05) is 7.11 Å². The van der Waals surface area contributed by atoms with Crippen LogP contribution >= 0.6 is 0 Å². The monoisotopic (exact) mass is 372 g/mol. The van der Waals surface area contributed by atoms with Gasteiger partial charge in [0.2, 0.25) is 0 Å². The molecule has 6 heteroatoms. The molecule has 2 heterocycles. The highest BCUT2D eigenvalue weighted by molar-refractivity contribution is 5.83. The summed E-state index contributed by atoms with van der Waals surface area (Å²) in [5.41, 5.74) is 4.13. The lowest BCUT2D eigenvalue weighted by atomic mass is 10.1. The van der Waals surface area contributed by atoms with Crippen LogP contribution in [0, 0.1) is 13.8 Å². The first kappa shape index (κ1) is 17.9. The number of aromatic nitrogens is 4. The molecule has 2 aromatic heterocycles. The molecule has 0 saturated carbocycles. The first-order chi connectivity index (χ1) is 13.5. The van der Waals surface area contributed by atoms with E-state index in [0.29, 0.717) is 29.5 Å². The number of hydrogen-bond donors (Lipinski definition) is 1. The van der Waals surface area contributed by atoms with Crippen LogP contribution in [0.5, 0.6) is 5.75 Å². The highest BCUT2D eigenvalue weighted by Crippen LogP contribution is 2.22. The maximum atomic E-state index is 12.2. The number of aromatic amines is 1. The van der Waals surface area contributed by atoms with Gasteiger partial charge in [-0.2, -0.15) is 0 Å². The van der Waals surface area contributed by atoms with Crippen molar-refractivity contribution in [3.05, 3.63) is 81.8 Å². The molecular formula is C22H20N4O2. The van der Waals surface area contributed by atoms with Crippen LogP contribution in [0.3, 0.4) is 0 Å². The van der Waals surface area contributed by atoms with Crippen LogP contribution in [0.15, 0.2) is 53.3 Å². The summed E-state index contributed by atoms with van der Waals surface area (Å²) >= 11 is 0. The minimum absolute atomic E-state index is 0.212. The molecule has 0 aliphatic heterocycles. The number of rotatable bonds is 4. The van der Waals surface area contributed by atoms with Crippen LogP contribution in [0.2, 0.25) is 0 Å². The fraction of sp³-hybridized carbons (Fsp3) is 0.182. The van der Waals surface area contributed by atoms with E-state index in [1.54, 1.807) is 7.11 Å². The second-order valence-corrected chi connectivity index (χ2v) is 6.68. The topological polar surface area (TPSA) is 80.8 Å². The number of fused-ring (bicyclic) bond motifs is 1. The van der Waals surface area contributed by atoms with Crippen LogP contribution in [0.4, 0.5) is 0 Å². The number of nitrogens with one attached hydrogen (secondary N) is 1. The number of H-pyrrole nitrogens is 1. The first-order valence-electron chi connectivity index (χ1n) is 9.01. The number of nitrogens with zero attached hydrogens (tertiary/aromatic N) is 3. The maximum absolute atomic E-state index is 12.2. The molecule has 4 aromatic rings. The third-order valence-corrected chi connectivity index (χ3v) is 4.65. The first-order valence-corrected chi connectivity index (χ1v) is 9.01. The average molecular weight is 372 g/mol. The molecule has 0 aliphatic rings. The number of aryl methyl sites for hydroxylation is 2. The number of benzene rings is 2. The van der Waals surface area contributed by atoms with Crippen molar-refractivity contribution in [2.24, 2.45) is 0 Å². The standard InChI is InChI=1S/C22H20N4O2/c1-13-6-4-9-17-14(2)23-19(26-22(13)17)12-20-24-18(11-21(27)25-20)15-7-5-8-16(10-15)28-3/h4-11H,12H2,1-3H3,(H,24,25,27). The van der Waals surface area contributed by atoms with E-state index < -0.39 is 0 Å². The summed E-state index contributed by atoms with van der Waals surface area (Å²) in [7, 11) is 1.61. The Morgan fingerprint density at radius 1 is 1.00 bits per heavy atom. The van der Waals surface area contributed by atoms with E-state index >= 15 is 0 Å². The Kier molecular flexibility index (Phi) is 4.61. The van der Waals surface area contributed by atoms with Gasteiger partial charge in [0.15, 0.2) is 0 Å². The molecule has 140 valence electrons. The number of hydrogen-bond acceptors (Lipinski definition) is 5. The van der Waals surface area contributed by atoms with Gasteiger partial charge in [-0.1, -0.05) is 30.3 Å². The minimum atomic E-state index is -0.212. The van der Waals surface area contributed by atoms with Crippen molar-refractivity contribution < 1.29 is 4.74 Å². The highest BCUT2D eigenvalue weighted by Gasteiger charge is 2.10. The molecule has 0 atom stereocenters. The molecule has 0 amide bonds. The third kappa shape index (κ3) is 3.49. The third-order valence-electron chi connectivity index (χ3n) is 4.65.